The zero-order valence-corrected chi connectivity index (χ0v) is 32.7. The molecule has 0 radical (unpaired) electrons. The van der Waals surface area contributed by atoms with Crippen molar-refractivity contribution in [3.05, 3.63) is 123 Å². The SMILES string of the molecule is C=Cc1c(NCc2ccco2)nc(-c2ccc(Cl)c(OC)c2F)nc1C(=O)OC.COC(=O)c1nc(-c2ccc(Cl)c(OC)c2F)nc(NCc2ccco2)c1Cl. The van der Waals surface area contributed by atoms with Gasteiger partial charge < -0.3 is 38.4 Å². The minimum Gasteiger partial charge on any atom is -0.492 e. The van der Waals surface area contributed by atoms with E-state index in [4.69, 9.17) is 62.6 Å². The standard InChI is InChI=1S/C20H17ClFN3O4.C18H14Cl2FN3O4/c1-4-12-16(20(26)28-3)24-19(13-7-8-14(21)17(27-2)15(13)22)25-18(12)23-10-11-6-5-9-29-11;1-26-15-11(19)6-5-10(13(15)21)16-23-14(18(25)27-2)12(20)17(24-16)22-8-9-4-3-7-28-9/h4-9H,1,10H2,2-3H3,(H,23,24,25);3-7H,8H2,1-2H3,(H,22,23,24). The van der Waals surface area contributed by atoms with Crippen LogP contribution in [0.25, 0.3) is 28.9 Å². The fraction of sp³-hybridized carbons (Fsp3) is 0.158. The van der Waals surface area contributed by atoms with Gasteiger partial charge in [0.15, 0.2) is 46.2 Å². The zero-order chi connectivity index (χ0) is 41.2. The molecule has 0 saturated carbocycles. The molecule has 57 heavy (non-hydrogen) atoms. The minimum absolute atomic E-state index is 0.00747. The van der Waals surface area contributed by atoms with E-state index in [-0.39, 0.29) is 85.5 Å². The number of benzene rings is 2. The van der Waals surface area contributed by atoms with Crippen LogP contribution in [-0.2, 0) is 22.6 Å². The molecule has 0 atom stereocenters. The van der Waals surface area contributed by atoms with Gasteiger partial charge >= 0.3 is 11.9 Å². The average molecular weight is 844 g/mol. The highest BCUT2D eigenvalue weighted by molar-refractivity contribution is 6.35. The fourth-order valence-corrected chi connectivity index (χ4v) is 5.71. The molecular weight excluding hydrogens is 813 g/mol. The van der Waals surface area contributed by atoms with Gasteiger partial charge in [-0.15, -0.1) is 0 Å². The molecule has 0 spiro atoms. The molecule has 0 fully saturated rings. The number of rotatable bonds is 13. The maximum Gasteiger partial charge on any atom is 0.358 e. The van der Waals surface area contributed by atoms with Crippen LogP contribution >= 0.6 is 34.8 Å². The molecule has 6 rings (SSSR count). The summed E-state index contributed by atoms with van der Waals surface area (Å²) in [5.74, 6) is -1.88. The van der Waals surface area contributed by atoms with Gasteiger partial charge in [-0.25, -0.2) is 38.3 Å². The summed E-state index contributed by atoms with van der Waals surface area (Å²) in [4.78, 5) is 41.2. The fourth-order valence-electron chi connectivity index (χ4n) is 5.04. The lowest BCUT2D eigenvalue weighted by Crippen LogP contribution is -2.13. The van der Waals surface area contributed by atoms with Crippen LogP contribution in [0.3, 0.4) is 0 Å². The Bertz CT molecular complexity index is 2400. The first-order valence-corrected chi connectivity index (χ1v) is 17.4. The third kappa shape index (κ3) is 9.43. The van der Waals surface area contributed by atoms with E-state index in [2.05, 4.69) is 37.1 Å². The Balaban J connectivity index is 0.000000218. The number of carbonyl (C=O) groups is 2. The molecule has 4 aromatic heterocycles. The third-order valence-corrected chi connectivity index (χ3v) is 8.72. The van der Waals surface area contributed by atoms with Crippen molar-refractivity contribution in [1.82, 2.24) is 19.9 Å². The summed E-state index contributed by atoms with van der Waals surface area (Å²) in [7, 11) is 4.99. The van der Waals surface area contributed by atoms with E-state index in [1.165, 1.54) is 71.3 Å². The summed E-state index contributed by atoms with van der Waals surface area (Å²) < 4.78 is 59.7. The molecule has 0 aliphatic carbocycles. The number of halogens is 5. The summed E-state index contributed by atoms with van der Waals surface area (Å²) in [5, 5.41) is 6.11. The molecule has 0 aliphatic rings. The van der Waals surface area contributed by atoms with Gasteiger partial charge in [-0.3, -0.25) is 0 Å². The highest BCUT2D eigenvalue weighted by Gasteiger charge is 2.25. The van der Waals surface area contributed by atoms with E-state index >= 15 is 0 Å². The number of furan rings is 2. The molecule has 0 bridgehead atoms. The van der Waals surface area contributed by atoms with Crippen LogP contribution in [0.4, 0.5) is 20.4 Å². The molecule has 2 aromatic carbocycles. The van der Waals surface area contributed by atoms with Crippen LogP contribution in [0.15, 0.2) is 76.5 Å². The van der Waals surface area contributed by atoms with Crippen molar-refractivity contribution >= 4 is 64.5 Å². The Morgan fingerprint density at radius 3 is 1.60 bits per heavy atom. The minimum atomic E-state index is -0.795. The molecule has 0 amide bonds. The van der Waals surface area contributed by atoms with E-state index in [0.717, 1.165) is 0 Å². The second-order valence-corrected chi connectivity index (χ2v) is 12.3. The van der Waals surface area contributed by atoms with Gasteiger partial charge in [-0.2, -0.15) is 0 Å². The zero-order valence-electron chi connectivity index (χ0n) is 30.4. The smallest absolute Gasteiger partial charge is 0.358 e. The maximum atomic E-state index is 14.9. The summed E-state index contributed by atoms with van der Waals surface area (Å²) in [6.45, 7) is 4.22. The van der Waals surface area contributed by atoms with Gasteiger partial charge in [0.1, 0.15) is 28.2 Å². The first-order valence-electron chi connectivity index (χ1n) is 16.3. The van der Waals surface area contributed by atoms with Crippen LogP contribution < -0.4 is 20.1 Å². The van der Waals surface area contributed by atoms with Gasteiger partial charge in [-0.05, 0) is 48.5 Å². The second kappa shape index (κ2) is 19.1. The van der Waals surface area contributed by atoms with Crippen LogP contribution in [0.2, 0.25) is 15.1 Å². The van der Waals surface area contributed by atoms with Crippen LogP contribution in [0, 0.1) is 11.6 Å². The lowest BCUT2D eigenvalue weighted by molar-refractivity contribution is 0.0585. The molecule has 14 nitrogen and oxygen atoms in total. The molecule has 0 aliphatic heterocycles. The first kappa shape index (κ1) is 41.9. The number of nitrogens with one attached hydrogen (secondary N) is 2. The molecular formula is C38H31Cl3F2N6O8. The van der Waals surface area contributed by atoms with E-state index in [9.17, 15) is 18.4 Å². The number of esters is 2. The number of methoxy groups -OCH3 is 4. The Kier molecular flexibility index (Phi) is 14.0. The van der Waals surface area contributed by atoms with Crippen molar-refractivity contribution in [2.45, 2.75) is 13.1 Å². The average Bonchev–Trinajstić information content (AvgIpc) is 3.95. The molecule has 19 heteroatoms. The highest BCUT2D eigenvalue weighted by atomic mass is 35.5. The van der Waals surface area contributed by atoms with Crippen molar-refractivity contribution in [2.24, 2.45) is 0 Å². The third-order valence-electron chi connectivity index (χ3n) is 7.77. The van der Waals surface area contributed by atoms with Crippen LogP contribution in [0.1, 0.15) is 38.1 Å². The Labute approximate surface area is 338 Å². The lowest BCUT2D eigenvalue weighted by Gasteiger charge is -2.14. The topological polar surface area (TPSA) is 173 Å². The predicted octanol–water partition coefficient (Wildman–Crippen LogP) is 9.17. The molecule has 4 heterocycles. The molecule has 2 N–H and O–H groups in total. The predicted molar refractivity (Wildman–Crippen MR) is 208 cm³/mol. The summed E-state index contributed by atoms with van der Waals surface area (Å²) in [6.07, 6.45) is 4.46. The normalized spacial score (nSPS) is 10.5. The van der Waals surface area contributed by atoms with Crippen molar-refractivity contribution in [3.8, 4) is 34.3 Å². The van der Waals surface area contributed by atoms with E-state index in [1.54, 1.807) is 24.3 Å². The van der Waals surface area contributed by atoms with E-state index in [0.29, 0.717) is 17.1 Å². The summed E-state index contributed by atoms with van der Waals surface area (Å²) in [6, 6.07) is 12.6. The van der Waals surface area contributed by atoms with Crippen LogP contribution in [-0.4, -0.2) is 60.3 Å². The molecule has 296 valence electrons. The quantitative estimate of drug-likeness (QED) is 0.105. The monoisotopic (exact) mass is 842 g/mol. The number of aromatic nitrogens is 4. The summed E-state index contributed by atoms with van der Waals surface area (Å²) in [5.41, 5.74) is 0.0119. The Morgan fingerprint density at radius 1 is 0.702 bits per heavy atom. The summed E-state index contributed by atoms with van der Waals surface area (Å²) >= 11 is 18.1. The number of carbonyl (C=O) groups excluding carboxylic acids is 2. The molecule has 6 aromatic rings. The largest absolute Gasteiger partial charge is 0.492 e. The number of nitrogens with zero attached hydrogens (tertiary/aromatic N) is 4. The maximum absolute atomic E-state index is 14.9. The molecule has 0 saturated heterocycles. The highest BCUT2D eigenvalue weighted by Crippen LogP contribution is 2.37. The van der Waals surface area contributed by atoms with Gasteiger partial charge in [0, 0.05) is 5.56 Å². The second-order valence-electron chi connectivity index (χ2n) is 11.2. The number of anilines is 2. The van der Waals surface area contributed by atoms with Gasteiger partial charge in [0.2, 0.25) is 0 Å². The molecule has 0 unspecified atom stereocenters. The first-order chi connectivity index (χ1) is 27.4. The van der Waals surface area contributed by atoms with Crippen molar-refractivity contribution in [2.75, 3.05) is 39.1 Å². The number of hydrogen-bond donors (Lipinski definition) is 2. The van der Waals surface area contributed by atoms with Crippen molar-refractivity contribution in [1.29, 1.82) is 0 Å². The van der Waals surface area contributed by atoms with E-state index in [1.807, 2.05) is 0 Å². The lowest BCUT2D eigenvalue weighted by atomic mass is 10.1. The van der Waals surface area contributed by atoms with E-state index < -0.39 is 23.6 Å². The Hall–Kier alpha value is -6.23. The van der Waals surface area contributed by atoms with Gasteiger partial charge in [-0.1, -0.05) is 47.5 Å². The number of ether oxygens (including phenoxy) is 4. The van der Waals surface area contributed by atoms with Crippen molar-refractivity contribution in [3.63, 3.8) is 0 Å². The van der Waals surface area contributed by atoms with Crippen molar-refractivity contribution < 1.29 is 46.2 Å². The van der Waals surface area contributed by atoms with Gasteiger partial charge in [0.25, 0.3) is 0 Å². The Morgan fingerprint density at radius 2 is 1.16 bits per heavy atom. The number of hydrogen-bond acceptors (Lipinski definition) is 14. The van der Waals surface area contributed by atoms with Gasteiger partial charge in [0.05, 0.1) is 75.2 Å². The van der Waals surface area contributed by atoms with Crippen LogP contribution in [0.5, 0.6) is 11.5 Å².